The van der Waals surface area contributed by atoms with E-state index in [9.17, 15) is 0 Å². The minimum absolute atomic E-state index is 0.322. The summed E-state index contributed by atoms with van der Waals surface area (Å²) in [6.45, 7) is 2.24. The van der Waals surface area contributed by atoms with Gasteiger partial charge < -0.3 is 5.11 Å². The molecule has 1 N–H and O–H groups in total. The molecule has 0 aromatic heterocycles. The maximum atomic E-state index is 8.63. The molecule has 0 spiro atoms. The molecule has 0 radical (unpaired) electrons. The minimum Gasteiger partial charge on any atom is -0.508 e. The molecule has 0 aliphatic rings. The number of aromatic hydroxyl groups is 1. The lowest BCUT2D eigenvalue weighted by molar-refractivity contribution is 0.475. The molecule has 1 atom stereocenters. The van der Waals surface area contributed by atoms with Crippen LogP contribution in [0.2, 0.25) is 0 Å². The van der Waals surface area contributed by atoms with Gasteiger partial charge in [0.1, 0.15) is 5.75 Å². The second-order valence-electron chi connectivity index (χ2n) is 3.18. The number of hydrogen-bond donors (Lipinski definition) is 1. The highest BCUT2D eigenvalue weighted by molar-refractivity contribution is 7.16. The summed E-state index contributed by atoms with van der Waals surface area (Å²) >= 11 is 0. The van der Waals surface area contributed by atoms with Crippen molar-refractivity contribution in [1.29, 1.82) is 0 Å². The van der Waals surface area contributed by atoms with E-state index in [1.54, 1.807) is 24.3 Å². The van der Waals surface area contributed by atoms with Crippen molar-refractivity contribution in [2.45, 2.75) is 32.6 Å². The van der Waals surface area contributed by atoms with Crippen LogP contribution in [0.1, 0.15) is 32.6 Å². The number of benzene rings is 1. The number of phenolic OH excluding ortho intramolecular Hbond substituents is 1. The van der Waals surface area contributed by atoms with Crippen molar-refractivity contribution in [1.82, 2.24) is 0 Å². The van der Waals surface area contributed by atoms with E-state index in [1.807, 2.05) is 6.07 Å². The average Bonchev–Trinajstić information content (AvgIpc) is 2.21. The highest BCUT2D eigenvalue weighted by atomic mass is 31.0. The van der Waals surface area contributed by atoms with Gasteiger partial charge in [0, 0.05) is 0 Å². The van der Waals surface area contributed by atoms with Gasteiger partial charge in [-0.3, -0.25) is 0 Å². The van der Waals surface area contributed by atoms with Crippen LogP contribution in [0.4, 0.5) is 0 Å². The standard InChI is InChI=1S/C6H6O.C6H15P/c7-6-4-2-1-3-5-6;1-2-3-4-5-6-7/h1-5,7H;2-7H2,1H3. The molecule has 1 nitrogen and oxygen atoms in total. The second kappa shape index (κ2) is 10.5. The predicted molar refractivity (Wildman–Crippen MR) is 66.8 cm³/mol. The molecule has 1 aromatic rings. The number of rotatable bonds is 4. The van der Waals surface area contributed by atoms with Crippen molar-refractivity contribution in [3.8, 4) is 5.75 Å². The summed E-state index contributed by atoms with van der Waals surface area (Å²) in [5, 5.41) is 8.63. The second-order valence-corrected chi connectivity index (χ2v) is 3.76. The summed E-state index contributed by atoms with van der Waals surface area (Å²) in [6.07, 6.45) is 6.84. The molecule has 1 unspecified atom stereocenters. The van der Waals surface area contributed by atoms with E-state index in [-0.39, 0.29) is 0 Å². The minimum atomic E-state index is 0.322. The summed E-state index contributed by atoms with van der Waals surface area (Å²) < 4.78 is 0. The molecule has 0 amide bonds. The molecule has 1 aromatic carbocycles. The van der Waals surface area contributed by atoms with E-state index in [0.29, 0.717) is 5.75 Å². The van der Waals surface area contributed by atoms with Crippen molar-refractivity contribution in [2.75, 3.05) is 6.16 Å². The SMILES string of the molecule is CCCCCCP.Oc1ccccc1. The van der Waals surface area contributed by atoms with E-state index >= 15 is 0 Å². The topological polar surface area (TPSA) is 20.2 Å². The first-order valence-electron chi connectivity index (χ1n) is 5.25. The largest absolute Gasteiger partial charge is 0.508 e. The third-order valence-electron chi connectivity index (χ3n) is 1.81. The Balaban J connectivity index is 0.000000241. The predicted octanol–water partition coefficient (Wildman–Crippen LogP) is 3.83. The van der Waals surface area contributed by atoms with Gasteiger partial charge in [-0.05, 0) is 24.7 Å². The number of hydrogen-bond acceptors (Lipinski definition) is 1. The van der Waals surface area contributed by atoms with Crippen LogP contribution >= 0.6 is 9.24 Å². The van der Waals surface area contributed by atoms with Gasteiger partial charge >= 0.3 is 0 Å². The Hall–Kier alpha value is -0.550. The lowest BCUT2D eigenvalue weighted by Crippen LogP contribution is -1.73. The molecule has 0 aliphatic heterocycles. The third kappa shape index (κ3) is 9.54. The van der Waals surface area contributed by atoms with Crippen LogP contribution in [0.25, 0.3) is 0 Å². The fourth-order valence-corrected chi connectivity index (χ4v) is 1.29. The van der Waals surface area contributed by atoms with Crippen LogP contribution in [0, 0.1) is 0 Å². The van der Waals surface area contributed by atoms with Crippen LogP contribution in [0.5, 0.6) is 5.75 Å². The van der Waals surface area contributed by atoms with E-state index in [2.05, 4.69) is 16.2 Å². The summed E-state index contributed by atoms with van der Waals surface area (Å²) in [6, 6.07) is 8.71. The molecule has 0 aliphatic carbocycles. The molecule has 14 heavy (non-hydrogen) atoms. The lowest BCUT2D eigenvalue weighted by atomic mass is 10.2. The summed E-state index contributed by atoms with van der Waals surface area (Å²) in [7, 11) is 2.75. The Bertz CT molecular complexity index is 195. The molecule has 0 fully saturated rings. The van der Waals surface area contributed by atoms with Crippen molar-refractivity contribution < 1.29 is 5.11 Å². The maximum absolute atomic E-state index is 8.63. The van der Waals surface area contributed by atoms with Crippen LogP contribution in [-0.2, 0) is 0 Å². The van der Waals surface area contributed by atoms with Crippen LogP contribution in [-0.4, -0.2) is 11.3 Å². The molecule has 0 heterocycles. The fourth-order valence-electron chi connectivity index (χ4n) is 0.999. The van der Waals surface area contributed by atoms with Gasteiger partial charge in [-0.1, -0.05) is 44.4 Å². The average molecular weight is 212 g/mol. The first kappa shape index (κ1) is 13.4. The van der Waals surface area contributed by atoms with Crippen LogP contribution in [0.3, 0.4) is 0 Å². The Morgan fingerprint density at radius 1 is 1.07 bits per heavy atom. The van der Waals surface area contributed by atoms with Crippen LogP contribution < -0.4 is 0 Å². The van der Waals surface area contributed by atoms with Gasteiger partial charge in [-0.2, -0.15) is 0 Å². The van der Waals surface area contributed by atoms with E-state index in [4.69, 9.17) is 5.11 Å². The van der Waals surface area contributed by atoms with E-state index in [1.165, 1.54) is 31.8 Å². The molecule has 0 saturated carbocycles. The van der Waals surface area contributed by atoms with E-state index in [0.717, 1.165) is 0 Å². The van der Waals surface area contributed by atoms with Crippen molar-refractivity contribution >= 4 is 9.24 Å². The number of para-hydroxylation sites is 1. The highest BCUT2D eigenvalue weighted by Crippen LogP contribution is 2.02. The molecule has 0 bridgehead atoms. The molecule has 2 heteroatoms. The quantitative estimate of drug-likeness (QED) is 0.594. The van der Waals surface area contributed by atoms with Gasteiger partial charge in [0.15, 0.2) is 0 Å². The monoisotopic (exact) mass is 212 g/mol. The first-order chi connectivity index (χ1) is 6.81. The first-order valence-corrected chi connectivity index (χ1v) is 6.07. The summed E-state index contributed by atoms with van der Waals surface area (Å²) in [5.41, 5.74) is 0. The van der Waals surface area contributed by atoms with Crippen molar-refractivity contribution in [3.05, 3.63) is 30.3 Å². The van der Waals surface area contributed by atoms with Crippen molar-refractivity contribution in [2.24, 2.45) is 0 Å². The molecule has 0 saturated heterocycles. The van der Waals surface area contributed by atoms with Gasteiger partial charge in [-0.25, -0.2) is 0 Å². The van der Waals surface area contributed by atoms with Gasteiger partial charge in [0.2, 0.25) is 0 Å². The number of phenols is 1. The smallest absolute Gasteiger partial charge is 0.115 e. The zero-order valence-corrected chi connectivity index (χ0v) is 10.1. The Labute approximate surface area is 89.8 Å². The fraction of sp³-hybridized carbons (Fsp3) is 0.500. The highest BCUT2D eigenvalue weighted by Gasteiger charge is 1.80. The summed E-state index contributed by atoms with van der Waals surface area (Å²) in [5.74, 6) is 0.322. The molecule has 80 valence electrons. The zero-order chi connectivity index (χ0) is 10.6. The lowest BCUT2D eigenvalue weighted by Gasteiger charge is -1.90. The molecular weight excluding hydrogens is 191 g/mol. The van der Waals surface area contributed by atoms with Crippen LogP contribution in [0.15, 0.2) is 30.3 Å². The Morgan fingerprint density at radius 2 is 1.71 bits per heavy atom. The molecule has 1 rings (SSSR count). The van der Waals surface area contributed by atoms with Gasteiger partial charge in [-0.15, -0.1) is 9.24 Å². The Morgan fingerprint density at radius 3 is 2.07 bits per heavy atom. The zero-order valence-electron chi connectivity index (χ0n) is 8.95. The van der Waals surface area contributed by atoms with Gasteiger partial charge in [0.25, 0.3) is 0 Å². The van der Waals surface area contributed by atoms with Crippen molar-refractivity contribution in [3.63, 3.8) is 0 Å². The Kier molecular flexibility index (Phi) is 10.1. The van der Waals surface area contributed by atoms with E-state index < -0.39 is 0 Å². The maximum Gasteiger partial charge on any atom is 0.115 e. The molecular formula is C12H21OP. The number of unbranched alkanes of at least 4 members (excludes halogenated alkanes) is 3. The third-order valence-corrected chi connectivity index (χ3v) is 2.22. The summed E-state index contributed by atoms with van der Waals surface area (Å²) in [4.78, 5) is 0. The van der Waals surface area contributed by atoms with Gasteiger partial charge in [0.05, 0.1) is 0 Å². The normalized spacial score (nSPS) is 9.00.